The van der Waals surface area contributed by atoms with Gasteiger partial charge in [-0.05, 0) is 48.3 Å². The third-order valence-electron chi connectivity index (χ3n) is 7.12. The fourth-order valence-electron chi connectivity index (χ4n) is 4.77. The van der Waals surface area contributed by atoms with Gasteiger partial charge in [-0.3, -0.25) is 4.79 Å². The predicted molar refractivity (Wildman–Crippen MR) is 159 cm³/mol. The van der Waals surface area contributed by atoms with Crippen LogP contribution in [-0.4, -0.2) is 63.1 Å². The molecule has 4 N–H and O–H groups in total. The fourth-order valence-corrected chi connectivity index (χ4v) is 4.77. The molecule has 0 bridgehead atoms. The van der Waals surface area contributed by atoms with Crippen LogP contribution in [0.4, 0.5) is 5.69 Å². The van der Waals surface area contributed by atoms with E-state index in [1.165, 1.54) is 62.8 Å². The molecule has 0 amide bonds. The summed E-state index contributed by atoms with van der Waals surface area (Å²) < 4.78 is 2.44. The zero-order valence-electron chi connectivity index (χ0n) is 23.8. The quantitative estimate of drug-likeness (QED) is 0.160. The molecule has 0 saturated heterocycles. The molecule has 0 radical (unpaired) electrons. The molecule has 0 saturated carbocycles. The van der Waals surface area contributed by atoms with E-state index in [4.69, 9.17) is 0 Å². The summed E-state index contributed by atoms with van der Waals surface area (Å²) in [6, 6.07) is 8.26. The van der Waals surface area contributed by atoms with Crippen LogP contribution in [0.3, 0.4) is 0 Å². The number of anilines is 1. The van der Waals surface area contributed by atoms with Crippen molar-refractivity contribution in [2.24, 2.45) is 0 Å². The highest BCUT2D eigenvalue weighted by Gasteiger charge is 2.42. The van der Waals surface area contributed by atoms with Crippen LogP contribution in [-0.2, 0) is 0 Å². The van der Waals surface area contributed by atoms with E-state index in [1.807, 2.05) is 24.3 Å². The van der Waals surface area contributed by atoms with E-state index in [1.54, 1.807) is 0 Å². The van der Waals surface area contributed by atoms with E-state index in [0.29, 0.717) is 11.1 Å². The van der Waals surface area contributed by atoms with Gasteiger partial charge >= 0.3 is 5.78 Å². The van der Waals surface area contributed by atoms with Gasteiger partial charge in [-0.15, -0.1) is 0 Å². The molecular weight excluding hydrogens is 476 g/mol. The number of aliphatic hydroxyl groups is 1. The highest BCUT2D eigenvalue weighted by atomic mass is 16.3. The molecule has 1 aromatic rings. The molecule has 0 aromatic heterocycles. The lowest BCUT2D eigenvalue weighted by atomic mass is 9.80. The number of rotatable bonds is 14. The van der Waals surface area contributed by atoms with Gasteiger partial charge in [0, 0.05) is 43.8 Å². The van der Waals surface area contributed by atoms with Crippen molar-refractivity contribution < 1.29 is 25.4 Å². The first kappa shape index (κ1) is 33.1. The van der Waals surface area contributed by atoms with Gasteiger partial charge < -0.3 is 21.0 Å². The highest BCUT2D eigenvalue weighted by molar-refractivity contribution is 6.40. The van der Waals surface area contributed by atoms with E-state index in [9.17, 15) is 9.90 Å². The standard InChI is InChI=1S/C32H44N2O2.2H2O/c1-5-9-21-33(22-10-6-2)27-17-13-25(14-18-27)29-31(35)30(32(29)36)26-15-19-28(20-16-26)34(23-11-7-3)24-12-8-4;;/h13-20H,5-12,21-24H2,1-4H3;2*1H2. The van der Waals surface area contributed by atoms with E-state index >= 15 is 0 Å². The number of benzene rings is 1. The molecule has 2 aliphatic carbocycles. The van der Waals surface area contributed by atoms with Gasteiger partial charge in [-0.2, -0.15) is 0 Å². The van der Waals surface area contributed by atoms with Crippen molar-refractivity contribution in [3.8, 4) is 0 Å². The molecule has 3 rings (SSSR count). The van der Waals surface area contributed by atoms with Crippen LogP contribution >= 0.6 is 0 Å². The van der Waals surface area contributed by atoms with Gasteiger partial charge in [-0.1, -0.05) is 65.5 Å². The van der Waals surface area contributed by atoms with Crippen molar-refractivity contribution in [1.82, 2.24) is 0 Å². The van der Waals surface area contributed by atoms with Crippen LogP contribution in [0.15, 0.2) is 65.5 Å². The van der Waals surface area contributed by atoms with Gasteiger partial charge in [0.05, 0.1) is 0 Å². The maximum absolute atomic E-state index is 10.9. The predicted octanol–water partition coefficient (Wildman–Crippen LogP) is 7.04. The normalized spacial score (nSPS) is 14.3. The average molecular weight is 525 g/mol. The second-order valence-electron chi connectivity index (χ2n) is 9.93. The van der Waals surface area contributed by atoms with Crippen LogP contribution in [0.5, 0.6) is 0 Å². The second kappa shape index (κ2) is 16.8. The Bertz CT molecular complexity index is 1030. The zero-order chi connectivity index (χ0) is 25.9. The summed E-state index contributed by atoms with van der Waals surface area (Å²) in [5.74, 6) is 0.353. The molecule has 0 spiro atoms. The van der Waals surface area contributed by atoms with Gasteiger partial charge in [0.15, 0.2) is 5.71 Å². The monoisotopic (exact) mass is 524 g/mol. The number of unbranched alkanes of at least 4 members (excludes halogenated alkanes) is 4. The molecule has 210 valence electrons. The summed E-state index contributed by atoms with van der Waals surface area (Å²) in [5.41, 5.74) is 5.20. The Morgan fingerprint density at radius 2 is 1.21 bits per heavy atom. The number of allylic oxidation sites excluding steroid dienone is 7. The molecule has 0 unspecified atom stereocenters. The summed E-state index contributed by atoms with van der Waals surface area (Å²) in [5, 5.41) is 10.9. The maximum atomic E-state index is 10.9. The van der Waals surface area contributed by atoms with Gasteiger partial charge in [0.1, 0.15) is 30.0 Å². The largest absolute Gasteiger partial charge is 0.870 e. The summed E-state index contributed by atoms with van der Waals surface area (Å²) in [6.45, 7) is 13.1. The first-order valence-corrected chi connectivity index (χ1v) is 14.1. The second-order valence-corrected chi connectivity index (χ2v) is 9.93. The Balaban J connectivity index is 0.00000361. The molecule has 1 aromatic carbocycles. The summed E-state index contributed by atoms with van der Waals surface area (Å²) >= 11 is 0. The average Bonchev–Trinajstić information content (AvgIpc) is 2.90. The lowest BCUT2D eigenvalue weighted by molar-refractivity contribution is -0.527. The highest BCUT2D eigenvalue weighted by Crippen LogP contribution is 2.39. The third kappa shape index (κ3) is 8.02. The van der Waals surface area contributed by atoms with Gasteiger partial charge in [-0.25, -0.2) is 4.58 Å². The van der Waals surface area contributed by atoms with Crippen molar-refractivity contribution >= 4 is 22.8 Å². The third-order valence-corrected chi connectivity index (χ3v) is 7.12. The molecule has 6 heteroatoms. The van der Waals surface area contributed by atoms with Gasteiger partial charge in [0.25, 0.3) is 0 Å². The zero-order valence-corrected chi connectivity index (χ0v) is 23.8. The molecule has 0 heterocycles. The Morgan fingerprint density at radius 1 is 0.711 bits per heavy atom. The molecule has 6 nitrogen and oxygen atoms in total. The van der Waals surface area contributed by atoms with Crippen molar-refractivity contribution in [3.63, 3.8) is 0 Å². The van der Waals surface area contributed by atoms with E-state index in [2.05, 4.69) is 61.5 Å². The van der Waals surface area contributed by atoms with Crippen molar-refractivity contribution in [2.45, 2.75) is 79.1 Å². The summed E-state index contributed by atoms with van der Waals surface area (Å²) in [4.78, 5) is 13.4. The van der Waals surface area contributed by atoms with Gasteiger partial charge in [0.2, 0.25) is 0 Å². The molecule has 2 aliphatic rings. The Labute approximate surface area is 229 Å². The lowest BCUT2D eigenvalue weighted by Gasteiger charge is -2.25. The summed E-state index contributed by atoms with van der Waals surface area (Å²) in [6.07, 6.45) is 17.7. The minimum atomic E-state index is 0. The number of hydrogen-bond donors (Lipinski definition) is 1. The molecule has 0 fully saturated rings. The molecule has 0 atom stereocenters. The van der Waals surface area contributed by atoms with Crippen molar-refractivity contribution in [1.29, 1.82) is 0 Å². The van der Waals surface area contributed by atoms with Crippen LogP contribution in [0, 0.1) is 0 Å². The van der Waals surface area contributed by atoms with E-state index in [-0.39, 0.29) is 22.5 Å². The Morgan fingerprint density at radius 3 is 1.66 bits per heavy atom. The number of carbonyl (C=O) groups excluding carboxylic acids is 1. The minimum Gasteiger partial charge on any atom is -0.870 e. The van der Waals surface area contributed by atoms with Crippen LogP contribution < -0.4 is 4.90 Å². The van der Waals surface area contributed by atoms with Crippen LogP contribution in [0.25, 0.3) is 5.57 Å². The first-order valence-electron chi connectivity index (χ1n) is 14.1. The fraction of sp³-hybridized carbons (Fsp3) is 0.500. The number of ketones is 1. The van der Waals surface area contributed by atoms with Crippen LogP contribution in [0.1, 0.15) is 84.6 Å². The Hall–Kier alpha value is -2.96. The lowest BCUT2D eigenvalue weighted by Crippen LogP contribution is -2.26. The topological polar surface area (TPSA) is 108 Å². The van der Waals surface area contributed by atoms with E-state index < -0.39 is 0 Å². The molecular formula is C32H48N2O4. The maximum Gasteiger partial charge on any atom is 0.363 e. The summed E-state index contributed by atoms with van der Waals surface area (Å²) in [7, 11) is 0. The number of hydrogen-bond acceptors (Lipinski definition) is 4. The van der Waals surface area contributed by atoms with E-state index in [0.717, 1.165) is 37.3 Å². The first-order chi connectivity index (χ1) is 17.5. The Kier molecular flexibility index (Phi) is 14.6. The SMILES string of the molecule is CCCCN(CCCC)c1ccc(C2=C(O)C(=C3C=CC(=[N+](CCCC)CCCC)C=C3)C2=[OH+])cc1.[OH-].[OH-]. The number of nitrogens with zero attached hydrogens (tertiary/aromatic N) is 2. The van der Waals surface area contributed by atoms with Crippen molar-refractivity contribution in [2.75, 3.05) is 31.1 Å². The minimum absolute atomic E-state index is 0. The smallest absolute Gasteiger partial charge is 0.363 e. The number of aliphatic hydroxyl groups excluding tert-OH is 1. The van der Waals surface area contributed by atoms with Crippen molar-refractivity contribution in [3.05, 3.63) is 71.0 Å². The molecule has 38 heavy (non-hydrogen) atoms. The molecule has 0 aliphatic heterocycles. The van der Waals surface area contributed by atoms with Crippen LogP contribution in [0.2, 0.25) is 0 Å².